The molecule has 1 unspecified atom stereocenters. The predicted molar refractivity (Wildman–Crippen MR) is 49.6 cm³/mol. The molecule has 0 fully saturated rings. The fourth-order valence-electron chi connectivity index (χ4n) is 0.645. The smallest absolute Gasteiger partial charge is 0.0989 e. The second kappa shape index (κ2) is 4.31. The van der Waals surface area contributed by atoms with Crippen LogP contribution in [0.4, 0.5) is 0 Å². The fourth-order valence-corrected chi connectivity index (χ4v) is 0.645. The number of aliphatic hydroxyl groups excluding tert-OH is 1. The summed E-state index contributed by atoms with van der Waals surface area (Å²) in [6.07, 6.45) is 4.48. The van der Waals surface area contributed by atoms with Gasteiger partial charge in [-0.05, 0) is 6.92 Å². The van der Waals surface area contributed by atoms with Crippen LogP contribution in [0.5, 0.6) is 0 Å². The van der Waals surface area contributed by atoms with Gasteiger partial charge in [0.15, 0.2) is 0 Å². The largest absolute Gasteiger partial charge is 0.387 e. The van der Waals surface area contributed by atoms with E-state index in [1.165, 1.54) is 0 Å². The van der Waals surface area contributed by atoms with E-state index in [0.717, 1.165) is 0 Å². The van der Waals surface area contributed by atoms with Crippen LogP contribution in [0.3, 0.4) is 0 Å². The third kappa shape index (κ3) is 2.48. The highest BCUT2D eigenvalue weighted by atomic mass is 79.9. The molecule has 0 saturated carbocycles. The molecule has 11 heavy (non-hydrogen) atoms. The predicted octanol–water partition coefficient (Wildman–Crippen LogP) is 1.31. The molecule has 1 aromatic heterocycles. The SMILES string of the molecule is Br.C=C(C(C)O)n1ccnc1. The van der Waals surface area contributed by atoms with Gasteiger partial charge in [0.1, 0.15) is 0 Å². The van der Waals surface area contributed by atoms with Crippen molar-refractivity contribution in [2.45, 2.75) is 13.0 Å². The van der Waals surface area contributed by atoms with Gasteiger partial charge in [-0.15, -0.1) is 17.0 Å². The molecule has 1 rings (SSSR count). The molecule has 62 valence electrons. The molecule has 4 heteroatoms. The van der Waals surface area contributed by atoms with Gasteiger partial charge < -0.3 is 9.67 Å². The van der Waals surface area contributed by atoms with Crippen molar-refractivity contribution < 1.29 is 5.11 Å². The van der Waals surface area contributed by atoms with Gasteiger partial charge in [-0.2, -0.15) is 0 Å². The first-order chi connectivity index (χ1) is 4.72. The van der Waals surface area contributed by atoms with Crippen molar-refractivity contribution in [2.24, 2.45) is 0 Å². The van der Waals surface area contributed by atoms with Crippen LogP contribution >= 0.6 is 17.0 Å². The van der Waals surface area contributed by atoms with Gasteiger partial charge in [0.2, 0.25) is 0 Å². The van der Waals surface area contributed by atoms with Gasteiger partial charge in [0.05, 0.1) is 12.4 Å². The average molecular weight is 219 g/mol. The van der Waals surface area contributed by atoms with Crippen molar-refractivity contribution in [1.29, 1.82) is 0 Å². The lowest BCUT2D eigenvalue weighted by atomic mass is 10.3. The van der Waals surface area contributed by atoms with Crippen LogP contribution in [0.25, 0.3) is 5.70 Å². The monoisotopic (exact) mass is 218 g/mol. The molecule has 1 N–H and O–H groups in total. The van der Waals surface area contributed by atoms with Crippen molar-refractivity contribution in [2.75, 3.05) is 0 Å². The number of hydrogen-bond acceptors (Lipinski definition) is 2. The first-order valence-corrected chi connectivity index (χ1v) is 3.07. The second-order valence-electron chi connectivity index (χ2n) is 2.14. The number of aliphatic hydroxyl groups is 1. The quantitative estimate of drug-likeness (QED) is 0.814. The summed E-state index contributed by atoms with van der Waals surface area (Å²) in [5, 5.41) is 9.04. The van der Waals surface area contributed by atoms with Crippen molar-refractivity contribution in [1.82, 2.24) is 9.55 Å². The molecule has 0 bridgehead atoms. The molecule has 0 saturated heterocycles. The molecule has 0 aliphatic carbocycles. The summed E-state index contributed by atoms with van der Waals surface area (Å²) >= 11 is 0. The van der Waals surface area contributed by atoms with E-state index in [2.05, 4.69) is 11.6 Å². The summed E-state index contributed by atoms with van der Waals surface area (Å²) in [6.45, 7) is 5.34. The van der Waals surface area contributed by atoms with Crippen molar-refractivity contribution >= 4 is 22.7 Å². The summed E-state index contributed by atoms with van der Waals surface area (Å²) in [4.78, 5) is 3.82. The Hall–Kier alpha value is -0.610. The van der Waals surface area contributed by atoms with Crippen LogP contribution in [-0.2, 0) is 0 Å². The number of hydrogen-bond donors (Lipinski definition) is 1. The lowest BCUT2D eigenvalue weighted by Gasteiger charge is -2.07. The maximum absolute atomic E-state index is 9.04. The molecule has 0 aliphatic rings. The van der Waals surface area contributed by atoms with Gasteiger partial charge in [-0.1, -0.05) is 6.58 Å². The molecule has 0 spiro atoms. The van der Waals surface area contributed by atoms with E-state index < -0.39 is 6.10 Å². The molecule has 3 nitrogen and oxygen atoms in total. The van der Waals surface area contributed by atoms with E-state index in [9.17, 15) is 0 Å². The number of halogens is 1. The van der Waals surface area contributed by atoms with Crippen molar-refractivity contribution in [3.8, 4) is 0 Å². The normalized spacial score (nSPS) is 11.8. The van der Waals surface area contributed by atoms with E-state index in [0.29, 0.717) is 5.70 Å². The molecule has 1 heterocycles. The van der Waals surface area contributed by atoms with Crippen LogP contribution in [0.1, 0.15) is 6.92 Å². The molecular weight excluding hydrogens is 208 g/mol. The van der Waals surface area contributed by atoms with Crippen molar-refractivity contribution in [3.63, 3.8) is 0 Å². The minimum Gasteiger partial charge on any atom is -0.387 e. The zero-order valence-electron chi connectivity index (χ0n) is 6.27. The third-order valence-electron chi connectivity index (χ3n) is 1.32. The van der Waals surface area contributed by atoms with E-state index in [-0.39, 0.29) is 17.0 Å². The first-order valence-electron chi connectivity index (χ1n) is 3.07. The minimum absolute atomic E-state index is 0. The lowest BCUT2D eigenvalue weighted by Crippen LogP contribution is -2.07. The molecule has 0 aromatic carbocycles. The standard InChI is InChI=1S/C7H10N2O.BrH/c1-6(7(2)10)9-4-3-8-5-9;/h3-5,7,10H,1H2,2H3;1H. The van der Waals surface area contributed by atoms with E-state index >= 15 is 0 Å². The maximum atomic E-state index is 9.04. The highest BCUT2D eigenvalue weighted by molar-refractivity contribution is 8.93. The maximum Gasteiger partial charge on any atom is 0.0989 e. The summed E-state index contributed by atoms with van der Waals surface area (Å²) in [7, 11) is 0. The summed E-state index contributed by atoms with van der Waals surface area (Å²) in [5.74, 6) is 0. The topological polar surface area (TPSA) is 38.0 Å². The Labute approximate surface area is 76.1 Å². The van der Waals surface area contributed by atoms with Crippen LogP contribution in [0, 0.1) is 0 Å². The van der Waals surface area contributed by atoms with Gasteiger partial charge >= 0.3 is 0 Å². The molecule has 0 aliphatic heterocycles. The zero-order chi connectivity index (χ0) is 7.56. The number of imidazole rings is 1. The van der Waals surface area contributed by atoms with Gasteiger partial charge in [0, 0.05) is 18.1 Å². The Kier molecular flexibility index (Phi) is 4.07. The Morgan fingerprint density at radius 3 is 2.73 bits per heavy atom. The van der Waals surface area contributed by atoms with E-state index in [4.69, 9.17) is 5.11 Å². The number of aromatic nitrogens is 2. The number of rotatable bonds is 2. The molecule has 1 atom stereocenters. The molecule has 1 aromatic rings. The summed E-state index contributed by atoms with van der Waals surface area (Å²) in [6, 6.07) is 0. The average Bonchev–Trinajstić information content (AvgIpc) is 2.36. The lowest BCUT2D eigenvalue weighted by molar-refractivity contribution is 0.247. The second-order valence-corrected chi connectivity index (χ2v) is 2.14. The Morgan fingerprint density at radius 1 is 1.73 bits per heavy atom. The van der Waals surface area contributed by atoms with E-state index in [1.54, 1.807) is 30.2 Å². The van der Waals surface area contributed by atoms with Crippen LogP contribution < -0.4 is 0 Å². The zero-order valence-corrected chi connectivity index (χ0v) is 7.98. The molecule has 0 amide bonds. The first kappa shape index (κ1) is 10.4. The summed E-state index contributed by atoms with van der Waals surface area (Å²) in [5.41, 5.74) is 0.637. The minimum atomic E-state index is -0.519. The fraction of sp³-hybridized carbons (Fsp3) is 0.286. The molecule has 0 radical (unpaired) electrons. The third-order valence-corrected chi connectivity index (χ3v) is 1.32. The van der Waals surface area contributed by atoms with Gasteiger partial charge in [0.25, 0.3) is 0 Å². The van der Waals surface area contributed by atoms with E-state index in [1.807, 2.05) is 0 Å². The number of nitrogens with zero attached hydrogens (tertiary/aromatic N) is 2. The van der Waals surface area contributed by atoms with Crippen LogP contribution in [0.15, 0.2) is 25.3 Å². The van der Waals surface area contributed by atoms with Gasteiger partial charge in [-0.25, -0.2) is 4.98 Å². The Bertz CT molecular complexity index is 218. The van der Waals surface area contributed by atoms with Gasteiger partial charge in [-0.3, -0.25) is 0 Å². The Balaban J connectivity index is 0.000001000. The van der Waals surface area contributed by atoms with Crippen LogP contribution in [-0.4, -0.2) is 20.8 Å². The highest BCUT2D eigenvalue weighted by Gasteiger charge is 2.01. The Morgan fingerprint density at radius 2 is 2.36 bits per heavy atom. The molecular formula is C7H11BrN2O. The van der Waals surface area contributed by atoms with Crippen molar-refractivity contribution in [3.05, 3.63) is 25.3 Å². The summed E-state index contributed by atoms with van der Waals surface area (Å²) < 4.78 is 1.69. The van der Waals surface area contributed by atoms with Crippen LogP contribution in [0.2, 0.25) is 0 Å². The highest BCUT2D eigenvalue weighted by Crippen LogP contribution is 2.04.